The molecule has 0 aliphatic rings. The number of aromatic nitrogens is 2. The van der Waals surface area contributed by atoms with Crippen LogP contribution in [0.3, 0.4) is 0 Å². The van der Waals surface area contributed by atoms with Crippen molar-refractivity contribution >= 4 is 16.7 Å². The molecule has 4 nitrogen and oxygen atoms in total. The van der Waals surface area contributed by atoms with Crippen molar-refractivity contribution in [3.8, 4) is 0 Å². The maximum Gasteiger partial charge on any atom is 0.205 e. The average molecular weight is 215 g/mol. The Morgan fingerprint density at radius 2 is 2.07 bits per heavy atom. The summed E-state index contributed by atoms with van der Waals surface area (Å²) in [4.78, 5) is 6.22. The summed E-state index contributed by atoms with van der Waals surface area (Å²) in [6, 6.07) is 0.00912. The third-order valence-corrected chi connectivity index (χ3v) is 3.32. The number of rotatable bonds is 3. The molecule has 0 amide bonds. The molecule has 0 aromatic carbocycles. The van der Waals surface area contributed by atoms with Crippen LogP contribution in [0.1, 0.15) is 26.6 Å². The van der Waals surface area contributed by atoms with Crippen molar-refractivity contribution < 1.29 is 5.11 Å². The molecule has 0 fully saturated rings. The minimum Gasteiger partial charge on any atom is -0.388 e. The third kappa shape index (κ3) is 2.42. The second kappa shape index (κ2) is 3.82. The molecule has 5 heteroatoms. The minimum absolute atomic E-state index is 0.00912. The second-order valence-corrected chi connectivity index (χ2v) is 4.80. The predicted octanol–water partition coefficient (Wildman–Crippen LogP) is 1.44. The van der Waals surface area contributed by atoms with E-state index < -0.39 is 5.60 Å². The Morgan fingerprint density at radius 1 is 1.50 bits per heavy atom. The van der Waals surface area contributed by atoms with Crippen LogP contribution in [0.15, 0.2) is 0 Å². The highest BCUT2D eigenvalue weighted by Gasteiger charge is 2.27. The van der Waals surface area contributed by atoms with Crippen molar-refractivity contribution in [2.24, 2.45) is 0 Å². The molecule has 0 spiro atoms. The molecule has 0 aliphatic carbocycles. The summed E-state index contributed by atoms with van der Waals surface area (Å²) in [5.41, 5.74) is -0.742. The van der Waals surface area contributed by atoms with Crippen LogP contribution in [0.2, 0.25) is 0 Å². The van der Waals surface area contributed by atoms with Crippen molar-refractivity contribution in [3.63, 3.8) is 0 Å². The number of aliphatic hydroxyl groups is 1. The molecule has 14 heavy (non-hydrogen) atoms. The average Bonchev–Trinajstić information content (AvgIpc) is 2.47. The number of hydrogen-bond donors (Lipinski definition) is 1. The van der Waals surface area contributed by atoms with Gasteiger partial charge in [0.05, 0.1) is 11.6 Å². The van der Waals surface area contributed by atoms with Gasteiger partial charge in [-0.05, 0) is 27.7 Å². The van der Waals surface area contributed by atoms with Gasteiger partial charge in [0.15, 0.2) is 0 Å². The van der Waals surface area contributed by atoms with E-state index in [4.69, 9.17) is 0 Å². The van der Waals surface area contributed by atoms with E-state index in [1.165, 1.54) is 11.5 Å². The van der Waals surface area contributed by atoms with Gasteiger partial charge in [0.2, 0.25) is 5.13 Å². The number of hydrogen-bond acceptors (Lipinski definition) is 5. The van der Waals surface area contributed by atoms with Gasteiger partial charge in [-0.3, -0.25) is 0 Å². The van der Waals surface area contributed by atoms with Crippen LogP contribution in [0.25, 0.3) is 0 Å². The van der Waals surface area contributed by atoms with Crippen molar-refractivity contribution in [2.45, 2.75) is 39.3 Å². The molecule has 80 valence electrons. The van der Waals surface area contributed by atoms with Crippen LogP contribution in [0.5, 0.6) is 0 Å². The van der Waals surface area contributed by atoms with Crippen LogP contribution in [0, 0.1) is 6.92 Å². The van der Waals surface area contributed by atoms with Crippen LogP contribution >= 0.6 is 11.5 Å². The SMILES string of the molecule is Cc1nsc(N(C)C(C)C(C)(C)O)n1. The Labute approximate surface area is 88.8 Å². The fraction of sp³-hybridized carbons (Fsp3) is 0.778. The quantitative estimate of drug-likeness (QED) is 0.829. The maximum atomic E-state index is 9.84. The Bertz CT molecular complexity index is 305. The van der Waals surface area contributed by atoms with E-state index >= 15 is 0 Å². The summed E-state index contributed by atoms with van der Waals surface area (Å²) < 4.78 is 4.11. The molecule has 1 aromatic rings. The third-order valence-electron chi connectivity index (χ3n) is 2.42. The second-order valence-electron chi connectivity index (χ2n) is 4.06. The van der Waals surface area contributed by atoms with E-state index in [2.05, 4.69) is 9.36 Å². The van der Waals surface area contributed by atoms with E-state index in [1.807, 2.05) is 25.8 Å². The standard InChI is InChI=1S/C9H17N3OS/c1-6(9(3,4)13)12(5)8-10-7(2)11-14-8/h6,13H,1-5H3. The van der Waals surface area contributed by atoms with Gasteiger partial charge in [-0.25, -0.2) is 4.98 Å². The number of nitrogens with zero attached hydrogens (tertiary/aromatic N) is 3. The molecule has 1 atom stereocenters. The Balaban J connectivity index is 2.80. The largest absolute Gasteiger partial charge is 0.388 e. The number of likely N-dealkylation sites (N-methyl/N-ethyl adjacent to an activating group) is 1. The van der Waals surface area contributed by atoms with Gasteiger partial charge in [-0.1, -0.05) is 0 Å². The number of anilines is 1. The summed E-state index contributed by atoms with van der Waals surface area (Å²) in [5.74, 6) is 0.778. The highest BCUT2D eigenvalue weighted by molar-refractivity contribution is 7.09. The summed E-state index contributed by atoms with van der Waals surface area (Å²) in [7, 11) is 1.92. The first-order chi connectivity index (χ1) is 6.32. The minimum atomic E-state index is -0.742. The molecule has 0 radical (unpaired) electrons. The maximum absolute atomic E-state index is 9.84. The summed E-state index contributed by atoms with van der Waals surface area (Å²) in [6.45, 7) is 7.42. The van der Waals surface area contributed by atoms with Gasteiger partial charge in [0.25, 0.3) is 0 Å². The van der Waals surface area contributed by atoms with Gasteiger partial charge >= 0.3 is 0 Å². The van der Waals surface area contributed by atoms with Crippen LogP contribution in [0.4, 0.5) is 5.13 Å². The van der Waals surface area contributed by atoms with Crippen LogP contribution in [-0.2, 0) is 0 Å². The fourth-order valence-corrected chi connectivity index (χ4v) is 1.78. The normalized spacial score (nSPS) is 14.1. The highest BCUT2D eigenvalue weighted by Crippen LogP contribution is 2.22. The monoisotopic (exact) mass is 215 g/mol. The zero-order valence-corrected chi connectivity index (χ0v) is 10.1. The zero-order chi connectivity index (χ0) is 10.9. The van der Waals surface area contributed by atoms with E-state index in [1.54, 1.807) is 13.8 Å². The molecule has 1 rings (SSSR count). The highest BCUT2D eigenvalue weighted by atomic mass is 32.1. The van der Waals surface area contributed by atoms with Gasteiger partial charge < -0.3 is 10.0 Å². The molecule has 0 saturated carbocycles. The summed E-state index contributed by atoms with van der Waals surface area (Å²) >= 11 is 1.36. The first-order valence-electron chi connectivity index (χ1n) is 4.58. The topological polar surface area (TPSA) is 49.2 Å². The molecule has 1 unspecified atom stereocenters. The Morgan fingerprint density at radius 3 is 2.43 bits per heavy atom. The summed E-state index contributed by atoms with van der Waals surface area (Å²) in [6.07, 6.45) is 0. The van der Waals surface area contributed by atoms with Crippen molar-refractivity contribution in [1.82, 2.24) is 9.36 Å². The van der Waals surface area contributed by atoms with Crippen LogP contribution in [-0.4, -0.2) is 33.2 Å². The van der Waals surface area contributed by atoms with Crippen molar-refractivity contribution in [1.29, 1.82) is 0 Å². The van der Waals surface area contributed by atoms with Gasteiger partial charge in [0.1, 0.15) is 5.82 Å². The van der Waals surface area contributed by atoms with Gasteiger partial charge in [-0.15, -0.1) is 0 Å². The Hall–Kier alpha value is -0.680. The lowest BCUT2D eigenvalue weighted by Crippen LogP contribution is -2.45. The molecule has 1 N–H and O–H groups in total. The molecule has 0 aliphatic heterocycles. The fourth-order valence-electron chi connectivity index (χ4n) is 1.07. The van der Waals surface area contributed by atoms with Gasteiger partial charge in [0, 0.05) is 18.6 Å². The molecule has 1 aromatic heterocycles. The first kappa shape index (κ1) is 11.4. The molecule has 0 bridgehead atoms. The zero-order valence-electron chi connectivity index (χ0n) is 9.27. The Kier molecular flexibility index (Phi) is 3.11. The lowest BCUT2D eigenvalue weighted by molar-refractivity contribution is 0.0565. The lowest BCUT2D eigenvalue weighted by atomic mass is 10.0. The number of aryl methyl sites for hydroxylation is 1. The summed E-state index contributed by atoms with van der Waals surface area (Å²) in [5, 5.41) is 10.7. The van der Waals surface area contributed by atoms with E-state index in [0.29, 0.717) is 0 Å². The lowest BCUT2D eigenvalue weighted by Gasteiger charge is -2.33. The van der Waals surface area contributed by atoms with Crippen LogP contribution < -0.4 is 4.90 Å². The van der Waals surface area contributed by atoms with E-state index in [0.717, 1.165) is 11.0 Å². The molecule has 0 saturated heterocycles. The molecule has 1 heterocycles. The van der Waals surface area contributed by atoms with Gasteiger partial charge in [-0.2, -0.15) is 4.37 Å². The first-order valence-corrected chi connectivity index (χ1v) is 5.35. The van der Waals surface area contributed by atoms with E-state index in [9.17, 15) is 5.11 Å². The van der Waals surface area contributed by atoms with Crippen molar-refractivity contribution in [2.75, 3.05) is 11.9 Å². The molecular formula is C9H17N3OS. The molecular weight excluding hydrogens is 198 g/mol. The smallest absolute Gasteiger partial charge is 0.205 e. The predicted molar refractivity (Wildman–Crippen MR) is 58.8 cm³/mol. The van der Waals surface area contributed by atoms with Crippen molar-refractivity contribution in [3.05, 3.63) is 5.82 Å². The van der Waals surface area contributed by atoms with E-state index in [-0.39, 0.29) is 6.04 Å².